The minimum atomic E-state index is -0.502. The van der Waals surface area contributed by atoms with Crippen molar-refractivity contribution in [2.24, 2.45) is 0 Å². The number of nitrogens with one attached hydrogen (secondary N) is 2. The Hall–Kier alpha value is -1.73. The number of methoxy groups -OCH3 is 1. The SMILES string of the molecule is COc1ccc(F)c(NC(=O)Cc2sc(=S)[nH]c2C)c1. The molecule has 0 fully saturated rings. The van der Waals surface area contributed by atoms with Gasteiger partial charge in [0.15, 0.2) is 3.95 Å². The Balaban J connectivity index is 2.12. The average molecular weight is 312 g/mol. The molecule has 0 aliphatic heterocycles. The van der Waals surface area contributed by atoms with Crippen LogP contribution >= 0.6 is 23.6 Å². The van der Waals surface area contributed by atoms with Crippen molar-refractivity contribution in [1.29, 1.82) is 0 Å². The topological polar surface area (TPSA) is 54.1 Å². The number of aryl methyl sites for hydroxylation is 1. The molecule has 0 saturated heterocycles. The zero-order chi connectivity index (χ0) is 14.7. The number of carbonyl (C=O) groups is 1. The maximum absolute atomic E-state index is 13.6. The third-order valence-corrected chi connectivity index (χ3v) is 4.03. The molecule has 1 amide bonds. The van der Waals surface area contributed by atoms with E-state index in [2.05, 4.69) is 10.3 Å². The monoisotopic (exact) mass is 312 g/mol. The van der Waals surface area contributed by atoms with Crippen LogP contribution in [0.2, 0.25) is 0 Å². The lowest BCUT2D eigenvalue weighted by Crippen LogP contribution is -2.15. The van der Waals surface area contributed by atoms with Gasteiger partial charge >= 0.3 is 0 Å². The minimum absolute atomic E-state index is 0.103. The van der Waals surface area contributed by atoms with Crippen LogP contribution in [-0.4, -0.2) is 18.0 Å². The number of benzene rings is 1. The van der Waals surface area contributed by atoms with Crippen LogP contribution in [0, 0.1) is 16.7 Å². The first-order valence-corrected chi connectivity index (χ1v) is 7.04. The summed E-state index contributed by atoms with van der Waals surface area (Å²) in [5, 5.41) is 2.53. The lowest BCUT2D eigenvalue weighted by Gasteiger charge is -2.08. The number of H-pyrrole nitrogens is 1. The first kappa shape index (κ1) is 14.7. The van der Waals surface area contributed by atoms with Crippen molar-refractivity contribution in [2.75, 3.05) is 12.4 Å². The van der Waals surface area contributed by atoms with E-state index in [0.717, 1.165) is 10.6 Å². The molecule has 7 heteroatoms. The summed E-state index contributed by atoms with van der Waals surface area (Å²) >= 11 is 6.36. The molecule has 2 rings (SSSR count). The summed E-state index contributed by atoms with van der Waals surface area (Å²) in [6.45, 7) is 1.85. The van der Waals surface area contributed by atoms with E-state index in [4.69, 9.17) is 17.0 Å². The number of amides is 1. The number of aromatic nitrogens is 1. The highest BCUT2D eigenvalue weighted by molar-refractivity contribution is 7.73. The standard InChI is InChI=1S/C13H13FN2O2S2/c1-7-11(20-13(19)15-7)6-12(17)16-10-5-8(18-2)3-4-9(10)14/h3-5H,6H2,1-2H3,(H,15,19)(H,16,17). The molecule has 1 aromatic heterocycles. The predicted octanol–water partition coefficient (Wildman–Crippen LogP) is 3.44. The van der Waals surface area contributed by atoms with Crippen LogP contribution in [0.5, 0.6) is 5.75 Å². The zero-order valence-corrected chi connectivity index (χ0v) is 12.6. The van der Waals surface area contributed by atoms with Crippen LogP contribution < -0.4 is 10.1 Å². The molecule has 0 aliphatic carbocycles. The Morgan fingerprint density at radius 1 is 1.55 bits per heavy atom. The summed E-state index contributed by atoms with van der Waals surface area (Å²) < 4.78 is 19.2. The maximum Gasteiger partial charge on any atom is 0.229 e. The summed E-state index contributed by atoms with van der Waals surface area (Å²) in [5.41, 5.74) is 0.965. The van der Waals surface area contributed by atoms with Gasteiger partial charge in [-0.25, -0.2) is 4.39 Å². The summed E-state index contributed by atoms with van der Waals surface area (Å²) in [5.74, 6) is -0.321. The molecule has 4 nitrogen and oxygen atoms in total. The van der Waals surface area contributed by atoms with Crippen LogP contribution in [0.1, 0.15) is 10.6 Å². The van der Waals surface area contributed by atoms with Crippen molar-refractivity contribution in [3.63, 3.8) is 0 Å². The molecule has 0 saturated carbocycles. The molecule has 2 aromatic rings. The molecule has 0 atom stereocenters. The quantitative estimate of drug-likeness (QED) is 0.850. The smallest absolute Gasteiger partial charge is 0.229 e. The van der Waals surface area contributed by atoms with Crippen molar-refractivity contribution in [3.8, 4) is 5.75 Å². The Morgan fingerprint density at radius 2 is 2.30 bits per heavy atom. The first-order valence-electron chi connectivity index (χ1n) is 5.81. The normalized spacial score (nSPS) is 10.3. The van der Waals surface area contributed by atoms with Gasteiger partial charge in [0.2, 0.25) is 5.91 Å². The van der Waals surface area contributed by atoms with Crippen molar-refractivity contribution in [1.82, 2.24) is 4.98 Å². The summed E-state index contributed by atoms with van der Waals surface area (Å²) in [4.78, 5) is 15.7. The van der Waals surface area contributed by atoms with Crippen molar-refractivity contribution < 1.29 is 13.9 Å². The molecule has 0 radical (unpaired) electrons. The first-order chi connectivity index (χ1) is 9.49. The number of aromatic amines is 1. The van der Waals surface area contributed by atoms with E-state index < -0.39 is 5.82 Å². The number of ether oxygens (including phenoxy) is 1. The number of anilines is 1. The van der Waals surface area contributed by atoms with Crippen LogP contribution in [0.3, 0.4) is 0 Å². The molecule has 0 aliphatic rings. The van der Waals surface area contributed by atoms with E-state index in [0.29, 0.717) is 9.70 Å². The second kappa shape index (κ2) is 6.15. The fourth-order valence-corrected chi connectivity index (χ4v) is 2.96. The van der Waals surface area contributed by atoms with Gasteiger partial charge in [-0.1, -0.05) is 0 Å². The van der Waals surface area contributed by atoms with Gasteiger partial charge in [-0.2, -0.15) is 0 Å². The molecule has 0 spiro atoms. The van der Waals surface area contributed by atoms with Gasteiger partial charge in [0.25, 0.3) is 0 Å². The lowest BCUT2D eigenvalue weighted by molar-refractivity contribution is -0.115. The number of carbonyl (C=O) groups excluding carboxylic acids is 1. The predicted molar refractivity (Wildman–Crippen MR) is 79.5 cm³/mol. The van der Waals surface area contributed by atoms with Gasteiger partial charge in [-0.15, -0.1) is 11.3 Å². The second-order valence-corrected chi connectivity index (χ2v) is 5.91. The van der Waals surface area contributed by atoms with E-state index in [-0.39, 0.29) is 18.0 Å². The summed E-state index contributed by atoms with van der Waals surface area (Å²) in [6, 6.07) is 4.19. The van der Waals surface area contributed by atoms with Gasteiger partial charge in [0.1, 0.15) is 11.6 Å². The summed E-state index contributed by atoms with van der Waals surface area (Å²) in [7, 11) is 1.48. The average Bonchev–Trinajstić information content (AvgIpc) is 2.70. The van der Waals surface area contributed by atoms with Gasteiger partial charge in [0, 0.05) is 16.6 Å². The molecule has 106 valence electrons. The molecule has 2 N–H and O–H groups in total. The highest BCUT2D eigenvalue weighted by Gasteiger charge is 2.12. The van der Waals surface area contributed by atoms with Crippen molar-refractivity contribution in [2.45, 2.75) is 13.3 Å². The number of hydrogen-bond donors (Lipinski definition) is 2. The molecule has 1 heterocycles. The Labute approximate surface area is 124 Å². The molecule has 0 bridgehead atoms. The number of thiazole rings is 1. The molecule has 0 unspecified atom stereocenters. The van der Waals surface area contributed by atoms with Crippen molar-refractivity contribution >= 4 is 35.1 Å². The van der Waals surface area contributed by atoms with Crippen LogP contribution in [0.15, 0.2) is 18.2 Å². The lowest BCUT2D eigenvalue weighted by atomic mass is 10.2. The molecule has 1 aromatic carbocycles. The largest absolute Gasteiger partial charge is 0.497 e. The van der Waals surface area contributed by atoms with Crippen LogP contribution in [-0.2, 0) is 11.2 Å². The highest BCUT2D eigenvalue weighted by Crippen LogP contribution is 2.22. The van der Waals surface area contributed by atoms with Gasteiger partial charge in [-0.3, -0.25) is 4.79 Å². The van der Waals surface area contributed by atoms with E-state index in [1.165, 1.54) is 36.6 Å². The Kier molecular flexibility index (Phi) is 4.51. The van der Waals surface area contributed by atoms with Gasteiger partial charge < -0.3 is 15.0 Å². The van der Waals surface area contributed by atoms with Gasteiger partial charge in [0.05, 0.1) is 19.2 Å². The second-order valence-electron chi connectivity index (χ2n) is 4.13. The molecular formula is C13H13FN2O2S2. The molecular weight excluding hydrogens is 299 g/mol. The van der Waals surface area contributed by atoms with E-state index in [1.54, 1.807) is 0 Å². The third-order valence-electron chi connectivity index (χ3n) is 2.69. The van der Waals surface area contributed by atoms with Gasteiger partial charge in [-0.05, 0) is 31.3 Å². The number of halogens is 1. The number of rotatable bonds is 4. The fourth-order valence-electron chi connectivity index (χ4n) is 1.67. The highest BCUT2D eigenvalue weighted by atomic mass is 32.1. The van der Waals surface area contributed by atoms with Crippen LogP contribution in [0.4, 0.5) is 10.1 Å². The number of hydrogen-bond acceptors (Lipinski definition) is 4. The Bertz CT molecular complexity index is 694. The third kappa shape index (κ3) is 3.43. The minimum Gasteiger partial charge on any atom is -0.497 e. The fraction of sp³-hybridized carbons (Fsp3) is 0.231. The van der Waals surface area contributed by atoms with E-state index in [9.17, 15) is 9.18 Å². The van der Waals surface area contributed by atoms with Crippen LogP contribution in [0.25, 0.3) is 0 Å². The summed E-state index contributed by atoms with van der Waals surface area (Å²) in [6.07, 6.45) is 0.153. The zero-order valence-electron chi connectivity index (χ0n) is 11.0. The molecule has 20 heavy (non-hydrogen) atoms. The van der Waals surface area contributed by atoms with E-state index in [1.807, 2.05) is 6.92 Å². The van der Waals surface area contributed by atoms with Crippen molar-refractivity contribution in [3.05, 3.63) is 38.5 Å². The maximum atomic E-state index is 13.6. The Morgan fingerprint density at radius 3 is 2.90 bits per heavy atom. The van der Waals surface area contributed by atoms with E-state index >= 15 is 0 Å².